The van der Waals surface area contributed by atoms with Gasteiger partial charge in [-0.1, -0.05) is 32.0 Å². The molecule has 0 unspecified atom stereocenters. The van der Waals surface area contributed by atoms with Gasteiger partial charge in [0, 0.05) is 5.56 Å². The van der Waals surface area contributed by atoms with Crippen molar-refractivity contribution in [1.82, 2.24) is 4.98 Å². The number of hydrogen-bond donors (Lipinski definition) is 0. The molecule has 76 valence electrons. The minimum Gasteiger partial charge on any atom is -0.245 e. The second-order valence-corrected chi connectivity index (χ2v) is 2.83. The summed E-state index contributed by atoms with van der Waals surface area (Å²) in [4.78, 5) is 7.73. The molecule has 0 atom stereocenters. The van der Waals surface area contributed by atoms with E-state index in [0.29, 0.717) is 11.0 Å². The third-order valence-corrected chi connectivity index (χ3v) is 1.66. The lowest BCUT2D eigenvalue weighted by Gasteiger charge is -2.02. The maximum absolute atomic E-state index is 5.67. The van der Waals surface area contributed by atoms with Crippen LogP contribution in [0.5, 0.6) is 0 Å². The number of nitrogens with zero attached hydrogens (tertiary/aromatic N) is 2. The second kappa shape index (κ2) is 6.33. The molecule has 0 N–H and O–H groups in total. The zero-order chi connectivity index (χ0) is 11.1. The lowest BCUT2D eigenvalue weighted by molar-refractivity contribution is 1.26. The summed E-state index contributed by atoms with van der Waals surface area (Å²) in [6, 6.07) is 3.54. The van der Waals surface area contributed by atoms with Gasteiger partial charge < -0.3 is 0 Å². The minimum absolute atomic E-state index is 0.419. The number of allylic oxidation sites excluding steroid dienone is 1. The van der Waals surface area contributed by atoms with Gasteiger partial charge in [0.2, 0.25) is 0 Å². The largest absolute Gasteiger partial charge is 0.245 e. The van der Waals surface area contributed by atoms with E-state index in [9.17, 15) is 0 Å². The summed E-state index contributed by atoms with van der Waals surface area (Å²) in [5, 5.41) is 0.419. The number of pyridine rings is 1. The van der Waals surface area contributed by atoms with Crippen molar-refractivity contribution in [3.8, 4) is 0 Å². The Bertz CT molecular complexity index is 332. The van der Waals surface area contributed by atoms with Crippen LogP contribution in [0.1, 0.15) is 26.3 Å². The van der Waals surface area contributed by atoms with E-state index in [1.165, 1.54) is 0 Å². The Kier molecular flexibility index (Phi) is 5.81. The van der Waals surface area contributed by atoms with E-state index in [2.05, 4.69) is 23.3 Å². The van der Waals surface area contributed by atoms with E-state index in [0.717, 1.165) is 11.1 Å². The van der Waals surface area contributed by atoms with Crippen LogP contribution in [0.4, 0.5) is 5.82 Å². The molecule has 1 rings (SSSR count). The summed E-state index contributed by atoms with van der Waals surface area (Å²) in [6.07, 6.45) is 0. The number of aromatic nitrogens is 1. The average molecular weight is 211 g/mol. The third kappa shape index (κ3) is 3.30. The zero-order valence-corrected chi connectivity index (χ0v) is 9.60. The van der Waals surface area contributed by atoms with Gasteiger partial charge in [-0.05, 0) is 31.3 Å². The van der Waals surface area contributed by atoms with E-state index in [1.807, 2.05) is 26.8 Å². The quantitative estimate of drug-likeness (QED) is 0.532. The van der Waals surface area contributed by atoms with Crippen molar-refractivity contribution < 1.29 is 0 Å². The Hall–Kier alpha value is -1.15. The summed E-state index contributed by atoms with van der Waals surface area (Å²) >= 11 is 5.67. The number of aliphatic imine (C=N–C) groups is 1. The van der Waals surface area contributed by atoms with Gasteiger partial charge in [0.15, 0.2) is 5.82 Å². The molecular weight excluding hydrogens is 196 g/mol. The normalized spacial score (nSPS) is 8.57. The van der Waals surface area contributed by atoms with Crippen molar-refractivity contribution in [2.24, 2.45) is 4.99 Å². The molecule has 0 aliphatic heterocycles. The molecule has 0 radical (unpaired) electrons. The third-order valence-electron chi connectivity index (χ3n) is 1.45. The highest BCUT2D eigenvalue weighted by molar-refractivity contribution is 6.29. The fourth-order valence-electron chi connectivity index (χ4n) is 0.879. The van der Waals surface area contributed by atoms with Crippen LogP contribution >= 0.6 is 11.6 Å². The van der Waals surface area contributed by atoms with Crippen LogP contribution in [0, 0.1) is 0 Å². The van der Waals surface area contributed by atoms with E-state index in [4.69, 9.17) is 11.6 Å². The molecule has 0 aliphatic carbocycles. The van der Waals surface area contributed by atoms with Crippen molar-refractivity contribution in [2.75, 3.05) is 0 Å². The predicted octanol–water partition coefficient (Wildman–Crippen LogP) is 4.13. The molecule has 2 nitrogen and oxygen atoms in total. The number of rotatable bonds is 2. The van der Waals surface area contributed by atoms with E-state index < -0.39 is 0 Å². The van der Waals surface area contributed by atoms with Crippen LogP contribution in [-0.4, -0.2) is 11.7 Å². The topological polar surface area (TPSA) is 25.2 Å². The summed E-state index contributed by atoms with van der Waals surface area (Å²) in [6.45, 7) is 13.1. The highest BCUT2D eigenvalue weighted by atomic mass is 35.5. The van der Waals surface area contributed by atoms with Gasteiger partial charge in [0.25, 0.3) is 0 Å². The Labute approximate surface area is 90.4 Å². The molecule has 0 bridgehead atoms. The van der Waals surface area contributed by atoms with Gasteiger partial charge in [-0.3, -0.25) is 0 Å². The molecule has 3 heteroatoms. The molecule has 0 fully saturated rings. The first kappa shape index (κ1) is 12.8. The Balaban J connectivity index is 0.000000791. The van der Waals surface area contributed by atoms with Crippen molar-refractivity contribution in [1.29, 1.82) is 0 Å². The van der Waals surface area contributed by atoms with E-state index in [-0.39, 0.29) is 0 Å². The lowest BCUT2D eigenvalue weighted by atomic mass is 10.1. The minimum atomic E-state index is 0.419. The summed E-state index contributed by atoms with van der Waals surface area (Å²) in [5.74, 6) is 0.537. The molecule has 0 saturated carbocycles. The first-order valence-electron chi connectivity index (χ1n) is 4.44. The van der Waals surface area contributed by atoms with Gasteiger partial charge >= 0.3 is 0 Å². The Morgan fingerprint density at radius 1 is 1.43 bits per heavy atom. The van der Waals surface area contributed by atoms with Gasteiger partial charge in [-0.25, -0.2) is 9.98 Å². The number of hydrogen-bond acceptors (Lipinski definition) is 2. The highest BCUT2D eigenvalue weighted by Gasteiger charge is 2.02. The summed E-state index contributed by atoms with van der Waals surface area (Å²) < 4.78 is 0. The smallest absolute Gasteiger partial charge is 0.160 e. The standard InChI is InChI=1S/C9H9ClN2.C2H6/c1-6(2)7-4-5-8(10)12-9(7)11-3;1-2/h4-5H,1,3H2,2H3;1-2H3. The molecule has 0 saturated heterocycles. The molecule has 1 heterocycles. The SMILES string of the molecule is C=Nc1nc(Cl)ccc1C(=C)C.CC. The monoisotopic (exact) mass is 210 g/mol. The predicted molar refractivity (Wildman–Crippen MR) is 64.5 cm³/mol. The molecule has 0 aliphatic rings. The van der Waals surface area contributed by atoms with Gasteiger partial charge in [0.05, 0.1) is 0 Å². The molecular formula is C11H15ClN2. The molecule has 0 aromatic carbocycles. The first-order chi connectivity index (χ1) is 6.65. The molecule has 1 aromatic rings. The highest BCUT2D eigenvalue weighted by Crippen LogP contribution is 2.24. The summed E-state index contributed by atoms with van der Waals surface area (Å²) in [7, 11) is 0. The van der Waals surface area contributed by atoms with Crippen molar-refractivity contribution in [3.05, 3.63) is 29.4 Å². The Morgan fingerprint density at radius 3 is 2.43 bits per heavy atom. The lowest BCUT2D eigenvalue weighted by Crippen LogP contribution is -1.83. The zero-order valence-electron chi connectivity index (χ0n) is 8.84. The van der Waals surface area contributed by atoms with Crippen molar-refractivity contribution in [2.45, 2.75) is 20.8 Å². The maximum atomic E-state index is 5.67. The van der Waals surface area contributed by atoms with Crippen LogP contribution in [0.15, 0.2) is 23.7 Å². The van der Waals surface area contributed by atoms with Gasteiger partial charge in [0.1, 0.15) is 5.15 Å². The van der Waals surface area contributed by atoms with Crippen molar-refractivity contribution in [3.63, 3.8) is 0 Å². The maximum Gasteiger partial charge on any atom is 0.160 e. The van der Waals surface area contributed by atoms with E-state index in [1.54, 1.807) is 6.07 Å². The Morgan fingerprint density at radius 2 is 2.00 bits per heavy atom. The molecule has 0 amide bonds. The fraction of sp³-hybridized carbons (Fsp3) is 0.273. The molecule has 0 spiro atoms. The molecule has 1 aromatic heterocycles. The van der Waals surface area contributed by atoms with Gasteiger partial charge in [-0.15, -0.1) is 0 Å². The van der Waals surface area contributed by atoms with Crippen LogP contribution in [0.25, 0.3) is 5.57 Å². The van der Waals surface area contributed by atoms with Crippen LogP contribution in [0.3, 0.4) is 0 Å². The second-order valence-electron chi connectivity index (χ2n) is 2.44. The first-order valence-corrected chi connectivity index (χ1v) is 4.82. The van der Waals surface area contributed by atoms with Crippen LogP contribution < -0.4 is 0 Å². The van der Waals surface area contributed by atoms with Crippen LogP contribution in [0.2, 0.25) is 5.15 Å². The average Bonchev–Trinajstić information content (AvgIpc) is 2.20. The van der Waals surface area contributed by atoms with Crippen molar-refractivity contribution >= 4 is 29.7 Å². The fourth-order valence-corrected chi connectivity index (χ4v) is 1.02. The molecule has 14 heavy (non-hydrogen) atoms. The number of halogens is 1. The summed E-state index contributed by atoms with van der Waals surface area (Å²) in [5.41, 5.74) is 1.79. The van der Waals surface area contributed by atoms with Gasteiger partial charge in [-0.2, -0.15) is 0 Å². The van der Waals surface area contributed by atoms with E-state index >= 15 is 0 Å². The van der Waals surface area contributed by atoms with Crippen LogP contribution in [-0.2, 0) is 0 Å².